The van der Waals surface area contributed by atoms with Crippen molar-refractivity contribution in [2.45, 2.75) is 0 Å². The molecule has 0 saturated carbocycles. The van der Waals surface area contributed by atoms with E-state index in [0.29, 0.717) is 0 Å². The van der Waals surface area contributed by atoms with Crippen LogP contribution in [-0.2, 0) is 0 Å². The van der Waals surface area contributed by atoms with Crippen LogP contribution in [0.3, 0.4) is 0 Å². The molecule has 550 valence electrons. The zero-order chi connectivity index (χ0) is 77.7. The van der Waals surface area contributed by atoms with Crippen molar-refractivity contribution >= 4 is 107 Å². The molecule has 23 aromatic rings. The van der Waals surface area contributed by atoms with E-state index in [1.165, 1.54) is 206 Å². The quantitative estimate of drug-likeness (QED) is 0.103. The Kier molecular flexibility index (Phi) is 16.7. The molecule has 0 aliphatic carbocycles. The molecule has 4 heterocycles. The summed E-state index contributed by atoms with van der Waals surface area (Å²) < 4.78 is 10.0. The molecular formula is C114H72N2S2. The highest BCUT2D eigenvalue weighted by molar-refractivity contribution is 7.27. The van der Waals surface area contributed by atoms with Crippen LogP contribution in [0.4, 0.5) is 0 Å². The van der Waals surface area contributed by atoms with E-state index < -0.39 is 0 Å². The number of thiophene rings is 2. The van der Waals surface area contributed by atoms with Crippen LogP contribution in [0.5, 0.6) is 0 Å². The van der Waals surface area contributed by atoms with Crippen LogP contribution in [-0.4, -0.2) is 9.13 Å². The number of rotatable bonds is 14. The first kappa shape index (κ1) is 68.8. The van der Waals surface area contributed by atoms with Gasteiger partial charge in [0, 0.05) is 73.3 Å². The van der Waals surface area contributed by atoms with E-state index in [2.05, 4.69) is 446 Å². The molecule has 0 N–H and O–H groups in total. The van der Waals surface area contributed by atoms with Gasteiger partial charge in [-0.15, -0.1) is 22.7 Å². The monoisotopic (exact) mass is 1530 g/mol. The van der Waals surface area contributed by atoms with Crippen molar-refractivity contribution in [1.29, 1.82) is 0 Å². The van der Waals surface area contributed by atoms with Crippen LogP contribution in [0.25, 0.3) is 229 Å². The van der Waals surface area contributed by atoms with Crippen LogP contribution < -0.4 is 0 Å². The standard InChI is InChI=1S/C114H72N2S2/c1-5-23-73(24-6-1)74-49-53-78(54-50-74)87-65-89(69-91(67-87)97-39-21-43-103-101-41-19-37-95(111(101)117-113(97)103)79-25-7-2-8-26-79)85-58-62-110-106(71-85)100-36-14-16-46-108(100)116(110)94-59-55-76(56-60-94)75-47-51-77(52-48-75)81-29-17-30-82(63-81)83-31-18-32-84(64-83)88-66-90(86-57-61-109-105(72-86)99-35-13-15-45-107(99)115(109)93-33-11-4-12-34-93)70-92(68-88)98-40-22-44-104-102-42-20-38-96(112(102)118-114(98)104)80-27-9-3-10-28-80/h1-72H. The van der Waals surface area contributed by atoms with Crippen LogP contribution in [0.1, 0.15) is 0 Å². The van der Waals surface area contributed by atoms with Crippen molar-refractivity contribution in [3.05, 3.63) is 437 Å². The van der Waals surface area contributed by atoms with Gasteiger partial charge in [-0.2, -0.15) is 0 Å². The SMILES string of the molecule is c1ccc(-c2ccc(-c3cc(-c4ccc5c(c4)c4ccccc4n5-c4ccc(-c5ccc(-c6cccc(-c7cccc(-c8cc(-c9ccc%10c(c9)c9ccccc9n%10-c9ccccc9)cc(-c9cccc%10c9sc9c(-c%11ccccc%11)cccc9%10)c8)c7)c6)cc5)cc4)cc(-c4cccc5c4sc4c(-c6ccccc6)cccc45)c3)cc2)cc1. The second kappa shape index (κ2) is 28.6. The summed E-state index contributed by atoms with van der Waals surface area (Å²) in [4.78, 5) is 0. The Morgan fingerprint density at radius 3 is 0.763 bits per heavy atom. The molecule has 0 unspecified atom stereocenters. The maximum absolute atomic E-state index is 2.43. The van der Waals surface area contributed by atoms with Gasteiger partial charge in [0.15, 0.2) is 0 Å². The third kappa shape index (κ3) is 12.0. The van der Waals surface area contributed by atoms with Crippen molar-refractivity contribution in [3.63, 3.8) is 0 Å². The van der Waals surface area contributed by atoms with E-state index in [0.717, 1.165) is 22.5 Å². The zero-order valence-electron chi connectivity index (χ0n) is 64.3. The van der Waals surface area contributed by atoms with Crippen molar-refractivity contribution in [2.75, 3.05) is 0 Å². The summed E-state index contributed by atoms with van der Waals surface area (Å²) in [5, 5.41) is 10.0. The normalized spacial score (nSPS) is 11.7. The van der Waals surface area contributed by atoms with E-state index in [1.54, 1.807) is 0 Å². The number of fused-ring (bicyclic) bond motifs is 12. The van der Waals surface area contributed by atoms with E-state index in [4.69, 9.17) is 0 Å². The lowest BCUT2D eigenvalue weighted by molar-refractivity contribution is 1.18. The van der Waals surface area contributed by atoms with Gasteiger partial charge >= 0.3 is 0 Å². The summed E-state index contributed by atoms with van der Waals surface area (Å²) in [6, 6.07) is 162. The highest BCUT2D eigenvalue weighted by Gasteiger charge is 2.22. The van der Waals surface area contributed by atoms with Crippen LogP contribution in [0.2, 0.25) is 0 Å². The maximum atomic E-state index is 2.43. The minimum atomic E-state index is 1.12. The van der Waals surface area contributed by atoms with Gasteiger partial charge in [0.25, 0.3) is 0 Å². The van der Waals surface area contributed by atoms with Gasteiger partial charge in [0.2, 0.25) is 0 Å². The fraction of sp³-hybridized carbons (Fsp3) is 0. The van der Waals surface area contributed by atoms with Gasteiger partial charge in [-0.05, 0) is 243 Å². The van der Waals surface area contributed by atoms with E-state index in [-0.39, 0.29) is 0 Å². The van der Waals surface area contributed by atoms with Crippen LogP contribution in [0, 0.1) is 0 Å². The van der Waals surface area contributed by atoms with Gasteiger partial charge in [0.05, 0.1) is 22.1 Å². The number of para-hydroxylation sites is 3. The third-order valence-electron chi connectivity index (χ3n) is 24.1. The average molecular weight is 1530 g/mol. The highest BCUT2D eigenvalue weighted by atomic mass is 32.1. The molecule has 0 atom stereocenters. The number of hydrogen-bond acceptors (Lipinski definition) is 2. The molecule has 0 spiro atoms. The van der Waals surface area contributed by atoms with Crippen molar-refractivity contribution < 1.29 is 0 Å². The second-order valence-electron chi connectivity index (χ2n) is 31.0. The molecule has 0 aliphatic heterocycles. The van der Waals surface area contributed by atoms with Crippen LogP contribution >= 0.6 is 22.7 Å². The van der Waals surface area contributed by atoms with Crippen molar-refractivity contribution in [3.8, 4) is 145 Å². The first-order valence-electron chi connectivity index (χ1n) is 40.5. The fourth-order valence-electron chi connectivity index (χ4n) is 18.4. The first-order valence-corrected chi connectivity index (χ1v) is 42.1. The lowest BCUT2D eigenvalue weighted by atomic mass is 9.91. The molecule has 2 nitrogen and oxygen atoms in total. The fourth-order valence-corrected chi connectivity index (χ4v) is 21.1. The lowest BCUT2D eigenvalue weighted by Crippen LogP contribution is -1.94. The summed E-state index contributed by atoms with van der Waals surface area (Å²) in [6.45, 7) is 0. The van der Waals surface area contributed by atoms with E-state index in [9.17, 15) is 0 Å². The van der Waals surface area contributed by atoms with Gasteiger partial charge < -0.3 is 9.13 Å². The Bertz CT molecular complexity index is 7860. The predicted molar refractivity (Wildman–Crippen MR) is 506 cm³/mol. The Morgan fingerprint density at radius 1 is 0.127 bits per heavy atom. The van der Waals surface area contributed by atoms with E-state index in [1.807, 2.05) is 22.7 Å². The summed E-state index contributed by atoms with van der Waals surface area (Å²) in [5.41, 5.74) is 35.6. The molecule has 0 bridgehead atoms. The van der Waals surface area contributed by atoms with Crippen LogP contribution in [0.15, 0.2) is 437 Å². The lowest BCUT2D eigenvalue weighted by Gasteiger charge is -2.14. The topological polar surface area (TPSA) is 9.86 Å². The zero-order valence-corrected chi connectivity index (χ0v) is 65.9. The molecule has 118 heavy (non-hydrogen) atoms. The molecule has 0 aliphatic rings. The number of aromatic nitrogens is 2. The third-order valence-corrected chi connectivity index (χ3v) is 26.7. The highest BCUT2D eigenvalue weighted by Crippen LogP contribution is 2.49. The minimum absolute atomic E-state index is 1.12. The number of hydrogen-bond donors (Lipinski definition) is 0. The maximum Gasteiger partial charge on any atom is 0.0541 e. The summed E-state index contributed by atoms with van der Waals surface area (Å²) >= 11 is 3.81. The Hall–Kier alpha value is -14.8. The largest absolute Gasteiger partial charge is 0.309 e. The molecule has 4 aromatic heterocycles. The Labute approximate surface area is 692 Å². The minimum Gasteiger partial charge on any atom is -0.309 e. The van der Waals surface area contributed by atoms with Gasteiger partial charge in [0.1, 0.15) is 0 Å². The molecular weight excluding hydrogens is 1460 g/mol. The first-order chi connectivity index (χ1) is 58.5. The van der Waals surface area contributed by atoms with Gasteiger partial charge in [-0.25, -0.2) is 0 Å². The molecule has 0 saturated heterocycles. The van der Waals surface area contributed by atoms with E-state index >= 15 is 0 Å². The molecule has 0 radical (unpaired) electrons. The molecule has 4 heteroatoms. The molecule has 0 fully saturated rings. The molecule has 23 rings (SSSR count). The smallest absolute Gasteiger partial charge is 0.0541 e. The van der Waals surface area contributed by atoms with Crippen molar-refractivity contribution in [2.24, 2.45) is 0 Å². The molecule has 19 aromatic carbocycles. The molecule has 0 amide bonds. The Balaban J connectivity index is 0.563. The Morgan fingerprint density at radius 2 is 0.356 bits per heavy atom. The number of benzene rings is 19. The average Bonchev–Trinajstić information content (AvgIpc) is 1.60. The predicted octanol–water partition coefficient (Wildman–Crippen LogP) is 32.6. The summed E-state index contributed by atoms with van der Waals surface area (Å²) in [5.74, 6) is 0. The summed E-state index contributed by atoms with van der Waals surface area (Å²) in [6.07, 6.45) is 0. The van der Waals surface area contributed by atoms with Crippen molar-refractivity contribution in [1.82, 2.24) is 9.13 Å². The second-order valence-corrected chi connectivity index (χ2v) is 33.0. The van der Waals surface area contributed by atoms with Gasteiger partial charge in [-0.1, -0.05) is 328 Å². The summed E-state index contributed by atoms with van der Waals surface area (Å²) in [7, 11) is 0. The number of nitrogens with zero attached hydrogens (tertiary/aromatic N) is 2. The van der Waals surface area contributed by atoms with Gasteiger partial charge in [-0.3, -0.25) is 0 Å².